The number of nitriles is 2. The molecule has 1 rings (SSSR count). The molecule has 15 heavy (non-hydrogen) atoms. The molecule has 0 unspecified atom stereocenters. The standard InChI is InChI=1S/C11H7BrN2O/c1-8(9(6-13)7-14)2-3-10-4-5-11(12)15-10/h2-5H,1H3/b3-2+. The molecule has 0 atom stereocenters. The molecular formula is C11H7BrN2O. The third-order valence-electron chi connectivity index (χ3n) is 1.71. The lowest BCUT2D eigenvalue weighted by atomic mass is 10.1. The van der Waals surface area contributed by atoms with Crippen LogP contribution in [0.4, 0.5) is 0 Å². The quantitative estimate of drug-likeness (QED) is 0.606. The Balaban J connectivity index is 2.89. The Labute approximate surface area is 96.1 Å². The van der Waals surface area contributed by atoms with Gasteiger partial charge in [-0.1, -0.05) is 6.08 Å². The highest BCUT2D eigenvalue weighted by atomic mass is 79.9. The van der Waals surface area contributed by atoms with E-state index >= 15 is 0 Å². The Kier molecular flexibility index (Phi) is 3.91. The summed E-state index contributed by atoms with van der Waals surface area (Å²) in [5.41, 5.74) is 0.726. The summed E-state index contributed by atoms with van der Waals surface area (Å²) in [4.78, 5) is 0. The van der Waals surface area contributed by atoms with E-state index in [0.717, 1.165) is 0 Å². The maximum Gasteiger partial charge on any atom is 0.169 e. The molecule has 1 aromatic rings. The number of rotatable bonds is 2. The minimum absolute atomic E-state index is 0.108. The zero-order chi connectivity index (χ0) is 11.3. The SMILES string of the molecule is CC(/C=C/c1ccc(Br)o1)=C(C#N)C#N. The van der Waals surface area contributed by atoms with Crippen molar-refractivity contribution in [2.75, 3.05) is 0 Å². The lowest BCUT2D eigenvalue weighted by Crippen LogP contribution is -1.78. The summed E-state index contributed by atoms with van der Waals surface area (Å²) in [7, 11) is 0. The first-order chi connectivity index (χ1) is 7.17. The van der Waals surface area contributed by atoms with Crippen LogP contribution in [-0.2, 0) is 0 Å². The fraction of sp³-hybridized carbons (Fsp3) is 0.0909. The monoisotopic (exact) mass is 262 g/mol. The normalized spacial score (nSPS) is 9.60. The van der Waals surface area contributed by atoms with Gasteiger partial charge in [0.15, 0.2) is 4.67 Å². The molecule has 0 spiro atoms. The van der Waals surface area contributed by atoms with Crippen LogP contribution in [0.3, 0.4) is 0 Å². The van der Waals surface area contributed by atoms with Gasteiger partial charge in [0.1, 0.15) is 23.5 Å². The third kappa shape index (κ3) is 3.12. The van der Waals surface area contributed by atoms with Gasteiger partial charge in [0.05, 0.1) is 0 Å². The van der Waals surface area contributed by atoms with Gasteiger partial charge in [-0.2, -0.15) is 10.5 Å². The molecule has 1 aromatic heterocycles. The van der Waals surface area contributed by atoms with Gasteiger partial charge in [-0.25, -0.2) is 0 Å². The average molecular weight is 263 g/mol. The smallest absolute Gasteiger partial charge is 0.169 e. The lowest BCUT2D eigenvalue weighted by molar-refractivity contribution is 0.531. The van der Waals surface area contributed by atoms with Crippen LogP contribution < -0.4 is 0 Å². The minimum atomic E-state index is 0.108. The zero-order valence-electron chi connectivity index (χ0n) is 7.99. The summed E-state index contributed by atoms with van der Waals surface area (Å²) in [6.07, 6.45) is 3.38. The van der Waals surface area contributed by atoms with Gasteiger partial charge in [0.2, 0.25) is 0 Å². The maximum absolute atomic E-state index is 8.60. The zero-order valence-corrected chi connectivity index (χ0v) is 9.58. The van der Waals surface area contributed by atoms with E-state index in [1.165, 1.54) is 0 Å². The van der Waals surface area contributed by atoms with Crippen LogP contribution in [0, 0.1) is 22.7 Å². The topological polar surface area (TPSA) is 60.7 Å². The second kappa shape index (κ2) is 5.19. The molecule has 1 heterocycles. The summed E-state index contributed by atoms with van der Waals surface area (Å²) in [6, 6.07) is 7.20. The van der Waals surface area contributed by atoms with Crippen LogP contribution in [0.25, 0.3) is 6.08 Å². The molecular weight excluding hydrogens is 256 g/mol. The Bertz CT molecular complexity index is 481. The number of hydrogen-bond acceptors (Lipinski definition) is 3. The van der Waals surface area contributed by atoms with Crippen LogP contribution in [-0.4, -0.2) is 0 Å². The number of hydrogen-bond donors (Lipinski definition) is 0. The number of halogens is 1. The van der Waals surface area contributed by atoms with E-state index in [9.17, 15) is 0 Å². The number of nitrogens with zero attached hydrogens (tertiary/aromatic N) is 2. The summed E-state index contributed by atoms with van der Waals surface area (Å²) >= 11 is 3.18. The van der Waals surface area contributed by atoms with Crippen LogP contribution in [0.5, 0.6) is 0 Å². The van der Waals surface area contributed by atoms with Gasteiger partial charge < -0.3 is 4.42 Å². The Morgan fingerprint density at radius 1 is 1.40 bits per heavy atom. The summed E-state index contributed by atoms with van der Waals surface area (Å²) in [5.74, 6) is 0.663. The largest absolute Gasteiger partial charge is 0.450 e. The van der Waals surface area contributed by atoms with Crippen molar-refractivity contribution in [2.45, 2.75) is 6.92 Å². The lowest BCUT2D eigenvalue weighted by Gasteiger charge is -1.89. The van der Waals surface area contributed by atoms with Gasteiger partial charge in [-0.3, -0.25) is 0 Å². The Morgan fingerprint density at radius 2 is 2.07 bits per heavy atom. The van der Waals surface area contributed by atoms with Gasteiger partial charge in [0.25, 0.3) is 0 Å². The number of furan rings is 1. The fourth-order valence-corrected chi connectivity index (χ4v) is 1.23. The van der Waals surface area contributed by atoms with E-state index in [1.807, 2.05) is 12.1 Å². The fourth-order valence-electron chi connectivity index (χ4n) is 0.910. The van der Waals surface area contributed by atoms with Crippen LogP contribution in [0.1, 0.15) is 12.7 Å². The highest BCUT2D eigenvalue weighted by Gasteiger charge is 1.97. The third-order valence-corrected chi connectivity index (χ3v) is 2.14. The molecule has 0 N–H and O–H groups in total. The molecule has 3 nitrogen and oxygen atoms in total. The predicted molar refractivity (Wildman–Crippen MR) is 59.4 cm³/mol. The highest BCUT2D eigenvalue weighted by molar-refractivity contribution is 9.10. The van der Waals surface area contributed by atoms with Crippen molar-refractivity contribution in [2.24, 2.45) is 0 Å². The summed E-state index contributed by atoms with van der Waals surface area (Å²) in [5, 5.41) is 17.2. The Hall–Kier alpha value is -1.78. The molecule has 0 aliphatic carbocycles. The summed E-state index contributed by atoms with van der Waals surface area (Å²) < 4.78 is 5.87. The molecule has 0 radical (unpaired) electrons. The van der Waals surface area contributed by atoms with Crippen molar-refractivity contribution in [1.29, 1.82) is 10.5 Å². The van der Waals surface area contributed by atoms with E-state index in [1.54, 1.807) is 31.2 Å². The predicted octanol–water partition coefficient (Wildman–Crippen LogP) is 3.42. The van der Waals surface area contributed by atoms with Crippen LogP contribution >= 0.6 is 15.9 Å². The first-order valence-corrected chi connectivity index (χ1v) is 4.91. The van der Waals surface area contributed by atoms with Gasteiger partial charge in [0, 0.05) is 0 Å². The molecule has 0 amide bonds. The van der Waals surface area contributed by atoms with Crippen molar-refractivity contribution in [1.82, 2.24) is 0 Å². The van der Waals surface area contributed by atoms with Gasteiger partial charge in [-0.05, 0) is 46.6 Å². The first-order valence-electron chi connectivity index (χ1n) is 4.12. The van der Waals surface area contributed by atoms with E-state index in [0.29, 0.717) is 16.0 Å². The molecule has 0 aromatic carbocycles. The average Bonchev–Trinajstić information content (AvgIpc) is 2.63. The molecule has 0 fully saturated rings. The van der Waals surface area contributed by atoms with Crippen molar-refractivity contribution in [3.63, 3.8) is 0 Å². The number of allylic oxidation sites excluding steroid dienone is 3. The minimum Gasteiger partial charge on any atom is -0.450 e. The van der Waals surface area contributed by atoms with E-state index < -0.39 is 0 Å². The molecule has 74 valence electrons. The summed E-state index contributed by atoms with van der Waals surface area (Å²) in [6.45, 7) is 1.70. The second-order valence-corrected chi connectivity index (χ2v) is 3.54. The second-order valence-electron chi connectivity index (χ2n) is 2.76. The molecule has 0 aliphatic heterocycles. The van der Waals surface area contributed by atoms with Crippen molar-refractivity contribution >= 4 is 22.0 Å². The van der Waals surface area contributed by atoms with Gasteiger partial charge in [-0.15, -0.1) is 0 Å². The molecule has 0 aliphatic rings. The van der Waals surface area contributed by atoms with Gasteiger partial charge >= 0.3 is 0 Å². The van der Waals surface area contributed by atoms with Crippen molar-refractivity contribution in [3.8, 4) is 12.1 Å². The van der Waals surface area contributed by atoms with Crippen molar-refractivity contribution < 1.29 is 4.42 Å². The van der Waals surface area contributed by atoms with E-state index in [2.05, 4.69) is 15.9 Å². The highest BCUT2D eigenvalue weighted by Crippen LogP contribution is 2.16. The van der Waals surface area contributed by atoms with Crippen LogP contribution in [0.15, 0.2) is 38.4 Å². The van der Waals surface area contributed by atoms with E-state index in [-0.39, 0.29) is 5.57 Å². The maximum atomic E-state index is 8.60. The van der Waals surface area contributed by atoms with E-state index in [4.69, 9.17) is 14.9 Å². The molecule has 0 saturated carbocycles. The molecule has 4 heteroatoms. The Morgan fingerprint density at radius 3 is 2.53 bits per heavy atom. The molecule has 0 bridgehead atoms. The van der Waals surface area contributed by atoms with Crippen molar-refractivity contribution in [3.05, 3.63) is 39.8 Å². The first kappa shape index (κ1) is 11.3. The van der Waals surface area contributed by atoms with Crippen LogP contribution in [0.2, 0.25) is 0 Å². The molecule has 0 saturated heterocycles.